The standard InChI is InChI=1S/C18H21N3O3/c1-18(2,3)24-17(22)21-11-14(12-21)23-16-10-19-15(9-20-16)13-7-5-4-6-8-13/h4-10,14H,11-12H2,1-3H3. The van der Waals surface area contributed by atoms with Gasteiger partial charge in [-0.1, -0.05) is 30.3 Å². The van der Waals surface area contributed by atoms with Crippen LogP contribution in [-0.4, -0.2) is 45.8 Å². The van der Waals surface area contributed by atoms with Crippen molar-refractivity contribution in [3.63, 3.8) is 0 Å². The zero-order valence-corrected chi connectivity index (χ0v) is 14.1. The molecule has 1 aliphatic rings. The van der Waals surface area contributed by atoms with Gasteiger partial charge in [0.05, 0.1) is 31.2 Å². The molecule has 1 fully saturated rings. The van der Waals surface area contributed by atoms with Crippen molar-refractivity contribution in [2.45, 2.75) is 32.5 Å². The summed E-state index contributed by atoms with van der Waals surface area (Å²) in [6, 6.07) is 9.84. The SMILES string of the molecule is CC(C)(C)OC(=O)N1CC(Oc2cnc(-c3ccccc3)cn2)C1. The van der Waals surface area contributed by atoms with Crippen molar-refractivity contribution in [2.75, 3.05) is 13.1 Å². The molecule has 3 rings (SSSR count). The molecule has 0 spiro atoms. The fraction of sp³-hybridized carbons (Fsp3) is 0.389. The summed E-state index contributed by atoms with van der Waals surface area (Å²) in [5.41, 5.74) is 1.32. The van der Waals surface area contributed by atoms with E-state index in [-0.39, 0.29) is 12.2 Å². The molecule has 0 radical (unpaired) electrons. The summed E-state index contributed by atoms with van der Waals surface area (Å²) >= 11 is 0. The zero-order valence-electron chi connectivity index (χ0n) is 14.1. The Balaban J connectivity index is 1.51. The summed E-state index contributed by atoms with van der Waals surface area (Å²) in [5.74, 6) is 0.462. The molecule has 2 aromatic rings. The van der Waals surface area contributed by atoms with Crippen LogP contribution in [0.5, 0.6) is 5.88 Å². The molecule has 1 aromatic carbocycles. The number of benzene rings is 1. The van der Waals surface area contributed by atoms with Gasteiger partial charge in [0.25, 0.3) is 0 Å². The molecule has 1 amide bonds. The van der Waals surface area contributed by atoms with Crippen molar-refractivity contribution in [2.24, 2.45) is 0 Å². The lowest BCUT2D eigenvalue weighted by Gasteiger charge is -2.39. The van der Waals surface area contributed by atoms with E-state index in [1.165, 1.54) is 0 Å². The summed E-state index contributed by atoms with van der Waals surface area (Å²) in [5, 5.41) is 0. The molecule has 0 N–H and O–H groups in total. The number of rotatable bonds is 3. The van der Waals surface area contributed by atoms with Crippen LogP contribution >= 0.6 is 0 Å². The summed E-state index contributed by atoms with van der Waals surface area (Å²) in [7, 11) is 0. The lowest BCUT2D eigenvalue weighted by atomic mass is 10.1. The van der Waals surface area contributed by atoms with Crippen LogP contribution in [0.1, 0.15) is 20.8 Å². The number of amides is 1. The molecular formula is C18H21N3O3. The summed E-state index contributed by atoms with van der Waals surface area (Å²) < 4.78 is 11.0. The normalized spacial score (nSPS) is 14.9. The van der Waals surface area contributed by atoms with Gasteiger partial charge < -0.3 is 14.4 Å². The van der Waals surface area contributed by atoms with Crippen LogP contribution in [0.3, 0.4) is 0 Å². The minimum Gasteiger partial charge on any atom is -0.469 e. The molecule has 0 unspecified atom stereocenters. The van der Waals surface area contributed by atoms with Crippen LogP contribution in [0.25, 0.3) is 11.3 Å². The fourth-order valence-corrected chi connectivity index (χ4v) is 2.29. The lowest BCUT2D eigenvalue weighted by Crippen LogP contribution is -2.57. The summed E-state index contributed by atoms with van der Waals surface area (Å²) in [6.45, 7) is 6.54. The molecule has 0 atom stereocenters. The van der Waals surface area contributed by atoms with Crippen molar-refractivity contribution < 1.29 is 14.3 Å². The Hall–Kier alpha value is -2.63. The number of carbonyl (C=O) groups is 1. The van der Waals surface area contributed by atoms with Crippen LogP contribution < -0.4 is 4.74 Å². The maximum absolute atomic E-state index is 11.9. The Bertz CT molecular complexity index is 690. The minimum absolute atomic E-state index is 0.0746. The molecule has 6 nitrogen and oxygen atoms in total. The van der Waals surface area contributed by atoms with E-state index in [0.29, 0.717) is 19.0 Å². The highest BCUT2D eigenvalue weighted by Gasteiger charge is 2.35. The van der Waals surface area contributed by atoms with Crippen molar-refractivity contribution >= 4 is 6.09 Å². The highest BCUT2D eigenvalue weighted by atomic mass is 16.6. The Kier molecular flexibility index (Phi) is 4.38. The first kappa shape index (κ1) is 16.2. The minimum atomic E-state index is -0.484. The van der Waals surface area contributed by atoms with E-state index in [0.717, 1.165) is 11.3 Å². The third-order valence-corrected chi connectivity index (χ3v) is 3.48. The Morgan fingerprint density at radius 2 is 1.83 bits per heavy atom. The van der Waals surface area contributed by atoms with Gasteiger partial charge in [-0.05, 0) is 20.8 Å². The van der Waals surface area contributed by atoms with Gasteiger partial charge in [0.1, 0.15) is 11.7 Å². The Morgan fingerprint density at radius 3 is 2.42 bits per heavy atom. The lowest BCUT2D eigenvalue weighted by molar-refractivity contribution is -0.0233. The number of aromatic nitrogens is 2. The van der Waals surface area contributed by atoms with Crippen LogP contribution in [0.15, 0.2) is 42.7 Å². The van der Waals surface area contributed by atoms with E-state index in [2.05, 4.69) is 9.97 Å². The number of likely N-dealkylation sites (tertiary alicyclic amines) is 1. The Morgan fingerprint density at radius 1 is 1.12 bits per heavy atom. The van der Waals surface area contributed by atoms with E-state index >= 15 is 0 Å². The number of carbonyl (C=O) groups excluding carboxylic acids is 1. The van der Waals surface area contributed by atoms with Gasteiger partial charge in [-0.15, -0.1) is 0 Å². The third-order valence-electron chi connectivity index (χ3n) is 3.48. The Labute approximate surface area is 141 Å². The van der Waals surface area contributed by atoms with Crippen molar-refractivity contribution in [3.8, 4) is 17.1 Å². The molecule has 1 aromatic heterocycles. The predicted octanol–water partition coefficient (Wildman–Crippen LogP) is 3.14. The second-order valence-electron chi connectivity index (χ2n) is 6.73. The molecule has 6 heteroatoms. The average Bonchev–Trinajstić information content (AvgIpc) is 2.50. The molecular weight excluding hydrogens is 306 g/mol. The van der Waals surface area contributed by atoms with Gasteiger partial charge >= 0.3 is 6.09 Å². The van der Waals surface area contributed by atoms with Gasteiger partial charge in [-0.2, -0.15) is 0 Å². The quantitative estimate of drug-likeness (QED) is 0.866. The maximum Gasteiger partial charge on any atom is 0.410 e. The van der Waals surface area contributed by atoms with E-state index in [1.54, 1.807) is 17.3 Å². The second kappa shape index (κ2) is 6.47. The summed E-state index contributed by atoms with van der Waals surface area (Å²) in [6.07, 6.45) is 2.91. The van der Waals surface area contributed by atoms with Crippen LogP contribution in [0.4, 0.5) is 4.79 Å². The van der Waals surface area contributed by atoms with E-state index < -0.39 is 5.60 Å². The topological polar surface area (TPSA) is 64.5 Å². The van der Waals surface area contributed by atoms with Crippen molar-refractivity contribution in [3.05, 3.63) is 42.7 Å². The van der Waals surface area contributed by atoms with E-state index in [4.69, 9.17) is 9.47 Å². The van der Waals surface area contributed by atoms with E-state index in [1.807, 2.05) is 51.1 Å². The highest BCUT2D eigenvalue weighted by molar-refractivity contribution is 5.69. The third kappa shape index (κ3) is 4.01. The van der Waals surface area contributed by atoms with Crippen molar-refractivity contribution in [1.82, 2.24) is 14.9 Å². The molecule has 2 heterocycles. The molecule has 126 valence electrons. The van der Waals surface area contributed by atoms with Gasteiger partial charge in [-0.25, -0.2) is 14.8 Å². The first-order valence-electron chi connectivity index (χ1n) is 7.93. The van der Waals surface area contributed by atoms with Gasteiger partial charge in [0, 0.05) is 5.56 Å². The van der Waals surface area contributed by atoms with Crippen LogP contribution in [0.2, 0.25) is 0 Å². The molecule has 1 aliphatic heterocycles. The summed E-state index contributed by atoms with van der Waals surface area (Å²) in [4.78, 5) is 22.1. The first-order valence-corrected chi connectivity index (χ1v) is 7.93. The van der Waals surface area contributed by atoms with Gasteiger partial charge in [0.15, 0.2) is 0 Å². The smallest absolute Gasteiger partial charge is 0.410 e. The fourth-order valence-electron chi connectivity index (χ4n) is 2.29. The van der Waals surface area contributed by atoms with Crippen LogP contribution in [-0.2, 0) is 4.74 Å². The zero-order chi connectivity index (χ0) is 17.2. The monoisotopic (exact) mass is 327 g/mol. The van der Waals surface area contributed by atoms with Gasteiger partial charge in [-0.3, -0.25) is 0 Å². The molecule has 0 aliphatic carbocycles. The van der Waals surface area contributed by atoms with Crippen molar-refractivity contribution in [1.29, 1.82) is 0 Å². The molecule has 1 saturated heterocycles. The number of hydrogen-bond acceptors (Lipinski definition) is 5. The molecule has 24 heavy (non-hydrogen) atoms. The number of ether oxygens (including phenoxy) is 2. The predicted molar refractivity (Wildman–Crippen MR) is 89.7 cm³/mol. The van der Waals surface area contributed by atoms with E-state index in [9.17, 15) is 4.79 Å². The molecule has 0 saturated carbocycles. The first-order chi connectivity index (χ1) is 11.4. The van der Waals surface area contributed by atoms with Crippen LogP contribution in [0, 0.1) is 0 Å². The largest absolute Gasteiger partial charge is 0.469 e. The maximum atomic E-state index is 11.9. The average molecular weight is 327 g/mol. The van der Waals surface area contributed by atoms with Gasteiger partial charge in [0.2, 0.25) is 5.88 Å². The molecule has 0 bridgehead atoms. The number of nitrogens with zero attached hydrogens (tertiary/aromatic N) is 3. The second-order valence-corrected chi connectivity index (χ2v) is 6.73. The highest BCUT2D eigenvalue weighted by Crippen LogP contribution is 2.20. The number of hydrogen-bond donors (Lipinski definition) is 0.